The standard InChI is InChI=1S/C13H11ClFNO2S2/c1-19-12-7-2-9(14)8-13(12)20(17,18)16-11-5-3-10(15)4-6-11/h2-8,16H,1H3. The molecule has 0 saturated heterocycles. The normalized spacial score (nSPS) is 11.3. The highest BCUT2D eigenvalue weighted by Gasteiger charge is 2.19. The van der Waals surface area contributed by atoms with Crippen LogP contribution in [0.1, 0.15) is 0 Å². The van der Waals surface area contributed by atoms with Gasteiger partial charge in [-0.25, -0.2) is 12.8 Å². The molecule has 0 fully saturated rings. The maximum absolute atomic E-state index is 12.8. The number of anilines is 1. The van der Waals surface area contributed by atoms with E-state index >= 15 is 0 Å². The molecule has 0 aliphatic carbocycles. The third-order valence-corrected chi connectivity index (χ3v) is 5.09. The average Bonchev–Trinajstić information content (AvgIpc) is 2.41. The number of sulfonamides is 1. The van der Waals surface area contributed by atoms with Gasteiger partial charge in [-0.2, -0.15) is 0 Å². The fraction of sp³-hybridized carbons (Fsp3) is 0.0769. The van der Waals surface area contributed by atoms with E-state index in [-0.39, 0.29) is 4.90 Å². The molecular formula is C13H11ClFNO2S2. The van der Waals surface area contributed by atoms with Gasteiger partial charge in [-0.1, -0.05) is 11.6 Å². The lowest BCUT2D eigenvalue weighted by molar-refractivity contribution is 0.599. The molecule has 0 spiro atoms. The van der Waals surface area contributed by atoms with Crippen molar-refractivity contribution in [3.05, 3.63) is 53.3 Å². The van der Waals surface area contributed by atoms with E-state index in [1.54, 1.807) is 18.4 Å². The summed E-state index contributed by atoms with van der Waals surface area (Å²) in [5, 5.41) is 0.335. The minimum absolute atomic E-state index is 0.0989. The number of hydrogen-bond acceptors (Lipinski definition) is 3. The summed E-state index contributed by atoms with van der Waals surface area (Å²) in [4.78, 5) is 0.686. The Hall–Kier alpha value is -1.24. The molecule has 0 aromatic heterocycles. The summed E-state index contributed by atoms with van der Waals surface area (Å²) in [6, 6.07) is 9.75. The molecule has 0 unspecified atom stereocenters. The number of hydrogen-bond donors (Lipinski definition) is 1. The topological polar surface area (TPSA) is 46.2 Å². The van der Waals surface area contributed by atoms with Gasteiger partial charge in [-0.05, 0) is 48.7 Å². The molecule has 0 saturated carbocycles. The first-order valence-electron chi connectivity index (χ1n) is 5.54. The molecule has 2 aromatic carbocycles. The van der Waals surface area contributed by atoms with Crippen LogP contribution >= 0.6 is 23.4 Å². The maximum atomic E-state index is 12.8. The van der Waals surface area contributed by atoms with Crippen molar-refractivity contribution in [2.24, 2.45) is 0 Å². The molecule has 7 heteroatoms. The Kier molecular flexibility index (Phi) is 4.57. The van der Waals surface area contributed by atoms with Crippen LogP contribution in [-0.2, 0) is 10.0 Å². The van der Waals surface area contributed by atoms with E-state index in [1.165, 1.54) is 42.1 Å². The third-order valence-electron chi connectivity index (χ3n) is 2.51. The van der Waals surface area contributed by atoms with Gasteiger partial charge in [0, 0.05) is 15.6 Å². The van der Waals surface area contributed by atoms with Gasteiger partial charge < -0.3 is 0 Å². The van der Waals surface area contributed by atoms with Crippen LogP contribution in [0.5, 0.6) is 0 Å². The van der Waals surface area contributed by atoms with Crippen LogP contribution in [0.25, 0.3) is 0 Å². The number of halogens is 2. The predicted molar refractivity (Wildman–Crippen MR) is 80.4 cm³/mol. The molecule has 0 atom stereocenters. The van der Waals surface area contributed by atoms with E-state index in [1.807, 2.05) is 0 Å². The van der Waals surface area contributed by atoms with E-state index < -0.39 is 15.8 Å². The summed E-state index contributed by atoms with van der Waals surface area (Å²) in [5.74, 6) is -0.430. The molecule has 0 amide bonds. The van der Waals surface area contributed by atoms with Crippen molar-refractivity contribution >= 4 is 39.1 Å². The molecule has 0 bridgehead atoms. The minimum atomic E-state index is -3.77. The van der Waals surface area contributed by atoms with Crippen molar-refractivity contribution in [1.82, 2.24) is 0 Å². The first-order chi connectivity index (χ1) is 9.42. The Morgan fingerprint density at radius 1 is 1.15 bits per heavy atom. The quantitative estimate of drug-likeness (QED) is 0.861. The van der Waals surface area contributed by atoms with E-state index in [0.29, 0.717) is 15.6 Å². The molecule has 20 heavy (non-hydrogen) atoms. The lowest BCUT2D eigenvalue weighted by Crippen LogP contribution is -2.14. The number of benzene rings is 2. The van der Waals surface area contributed by atoms with Crippen LogP contribution in [0.4, 0.5) is 10.1 Å². The third kappa shape index (κ3) is 3.45. The Morgan fingerprint density at radius 2 is 1.80 bits per heavy atom. The highest BCUT2D eigenvalue weighted by Crippen LogP contribution is 2.29. The van der Waals surface area contributed by atoms with Crippen molar-refractivity contribution < 1.29 is 12.8 Å². The van der Waals surface area contributed by atoms with Gasteiger partial charge in [0.15, 0.2) is 0 Å². The Balaban J connectivity index is 2.40. The van der Waals surface area contributed by atoms with Crippen LogP contribution in [0.15, 0.2) is 52.3 Å². The van der Waals surface area contributed by atoms with Gasteiger partial charge in [-0.3, -0.25) is 4.72 Å². The highest BCUT2D eigenvalue weighted by atomic mass is 35.5. The largest absolute Gasteiger partial charge is 0.280 e. The molecule has 0 aliphatic rings. The summed E-state index contributed by atoms with van der Waals surface area (Å²) >= 11 is 7.16. The molecule has 3 nitrogen and oxygen atoms in total. The van der Waals surface area contributed by atoms with Crippen LogP contribution in [0, 0.1) is 5.82 Å². The zero-order chi connectivity index (χ0) is 14.8. The highest BCUT2D eigenvalue weighted by molar-refractivity contribution is 7.99. The van der Waals surface area contributed by atoms with E-state index in [2.05, 4.69) is 4.72 Å². The van der Waals surface area contributed by atoms with Crippen LogP contribution in [-0.4, -0.2) is 14.7 Å². The summed E-state index contributed by atoms with van der Waals surface area (Å²) in [7, 11) is -3.77. The van der Waals surface area contributed by atoms with Crippen LogP contribution < -0.4 is 4.72 Å². The SMILES string of the molecule is CSc1ccc(Cl)cc1S(=O)(=O)Nc1ccc(F)cc1. The van der Waals surface area contributed by atoms with Crippen molar-refractivity contribution in [2.45, 2.75) is 9.79 Å². The molecule has 2 aromatic rings. The second-order valence-electron chi connectivity index (χ2n) is 3.91. The van der Waals surface area contributed by atoms with Crippen molar-refractivity contribution in [1.29, 1.82) is 0 Å². The van der Waals surface area contributed by atoms with Crippen molar-refractivity contribution in [3.63, 3.8) is 0 Å². The maximum Gasteiger partial charge on any atom is 0.263 e. The van der Waals surface area contributed by atoms with Gasteiger partial charge in [0.1, 0.15) is 10.7 Å². The predicted octanol–water partition coefficient (Wildman–Crippen LogP) is 4.00. The first-order valence-corrected chi connectivity index (χ1v) is 8.63. The minimum Gasteiger partial charge on any atom is -0.280 e. The molecular weight excluding hydrogens is 321 g/mol. The fourth-order valence-corrected chi connectivity index (χ4v) is 4.04. The van der Waals surface area contributed by atoms with Gasteiger partial charge in [0.2, 0.25) is 0 Å². The number of nitrogens with one attached hydrogen (secondary N) is 1. The average molecular weight is 332 g/mol. The van der Waals surface area contributed by atoms with Crippen LogP contribution in [0.3, 0.4) is 0 Å². The Morgan fingerprint density at radius 3 is 2.40 bits per heavy atom. The fourth-order valence-electron chi connectivity index (χ4n) is 1.59. The molecule has 0 heterocycles. The molecule has 2 rings (SSSR count). The Bertz CT molecular complexity index is 718. The summed E-state index contributed by atoms with van der Waals surface area (Å²) in [5.41, 5.74) is 0.290. The Labute approximate surface area is 126 Å². The zero-order valence-corrected chi connectivity index (χ0v) is 12.8. The summed E-state index contributed by atoms with van der Waals surface area (Å²) in [6.45, 7) is 0. The number of thioether (sulfide) groups is 1. The molecule has 0 aliphatic heterocycles. The van der Waals surface area contributed by atoms with Gasteiger partial charge in [0.05, 0.1) is 0 Å². The second-order valence-corrected chi connectivity index (χ2v) is 6.84. The second kappa shape index (κ2) is 6.03. The van der Waals surface area contributed by atoms with E-state index in [4.69, 9.17) is 11.6 Å². The zero-order valence-electron chi connectivity index (χ0n) is 10.4. The van der Waals surface area contributed by atoms with Gasteiger partial charge in [-0.15, -0.1) is 11.8 Å². The van der Waals surface area contributed by atoms with E-state index in [9.17, 15) is 12.8 Å². The smallest absolute Gasteiger partial charge is 0.263 e. The van der Waals surface area contributed by atoms with E-state index in [0.717, 1.165) is 0 Å². The first kappa shape index (κ1) is 15.2. The van der Waals surface area contributed by atoms with Crippen molar-refractivity contribution in [3.8, 4) is 0 Å². The lowest BCUT2D eigenvalue weighted by atomic mass is 10.3. The molecule has 0 radical (unpaired) electrons. The lowest BCUT2D eigenvalue weighted by Gasteiger charge is -2.11. The summed E-state index contributed by atoms with van der Waals surface area (Å²) in [6.07, 6.45) is 1.78. The van der Waals surface area contributed by atoms with Crippen molar-refractivity contribution in [2.75, 3.05) is 11.0 Å². The van der Waals surface area contributed by atoms with Gasteiger partial charge >= 0.3 is 0 Å². The molecule has 1 N–H and O–H groups in total. The monoisotopic (exact) mass is 331 g/mol. The van der Waals surface area contributed by atoms with Gasteiger partial charge in [0.25, 0.3) is 10.0 Å². The van der Waals surface area contributed by atoms with Crippen LogP contribution in [0.2, 0.25) is 5.02 Å². The number of rotatable bonds is 4. The molecule has 106 valence electrons. The summed E-state index contributed by atoms with van der Waals surface area (Å²) < 4.78 is 39.9.